The van der Waals surface area contributed by atoms with E-state index in [2.05, 4.69) is 20.9 Å². The quantitative estimate of drug-likeness (QED) is 0.790. The Labute approximate surface area is 99.9 Å². The van der Waals surface area contributed by atoms with Crippen LogP contribution in [-0.2, 0) is 0 Å². The highest BCUT2D eigenvalue weighted by Crippen LogP contribution is 2.30. The molecule has 1 aromatic carbocycles. The number of aromatic nitrogens is 2. The number of nitrogen functional groups attached to an aromatic ring is 2. The third kappa shape index (κ3) is 1.80. The Morgan fingerprint density at radius 1 is 1.40 bits per heavy atom. The Morgan fingerprint density at radius 3 is 2.67 bits per heavy atom. The molecule has 6 heteroatoms. The van der Waals surface area contributed by atoms with Crippen molar-refractivity contribution in [3.63, 3.8) is 0 Å². The maximum absolute atomic E-state index is 5.88. The molecule has 0 spiro atoms. The van der Waals surface area contributed by atoms with Gasteiger partial charge in [0.2, 0.25) is 0 Å². The van der Waals surface area contributed by atoms with E-state index in [1.807, 2.05) is 12.1 Å². The topological polar surface area (TPSA) is 69.9 Å². The molecule has 2 aromatic rings. The summed E-state index contributed by atoms with van der Waals surface area (Å²) in [5, 5.41) is 0.643. The second-order valence-electron chi connectivity index (χ2n) is 3.01. The van der Waals surface area contributed by atoms with Crippen LogP contribution in [0.2, 0.25) is 5.02 Å². The van der Waals surface area contributed by atoms with E-state index in [1.165, 1.54) is 11.0 Å². The summed E-state index contributed by atoms with van der Waals surface area (Å²) in [5.74, 6) is 5.96. The number of nitrogens with two attached hydrogens (primary N) is 2. The molecule has 0 amide bonds. The normalized spacial score (nSPS) is 10.5. The molecule has 0 bridgehead atoms. The fourth-order valence-electron chi connectivity index (χ4n) is 1.24. The van der Waals surface area contributed by atoms with Crippen molar-refractivity contribution in [1.82, 2.24) is 9.66 Å². The van der Waals surface area contributed by atoms with Crippen LogP contribution in [0.5, 0.6) is 0 Å². The maximum atomic E-state index is 5.88. The van der Waals surface area contributed by atoms with E-state index in [-0.39, 0.29) is 0 Å². The molecule has 4 N–H and O–H groups in total. The molecule has 2 rings (SSSR count). The van der Waals surface area contributed by atoms with Gasteiger partial charge in [-0.3, -0.25) is 0 Å². The van der Waals surface area contributed by atoms with Crippen molar-refractivity contribution < 1.29 is 0 Å². The minimum absolute atomic E-state index is 0.421. The monoisotopic (exact) mass is 286 g/mol. The lowest BCUT2D eigenvalue weighted by Crippen LogP contribution is -2.09. The molecule has 78 valence electrons. The number of imidazole rings is 1. The van der Waals surface area contributed by atoms with Crippen molar-refractivity contribution in [3.05, 3.63) is 34.0 Å². The summed E-state index contributed by atoms with van der Waals surface area (Å²) in [5.41, 5.74) is 7.27. The molecule has 4 nitrogen and oxygen atoms in total. The van der Waals surface area contributed by atoms with Crippen molar-refractivity contribution in [2.75, 3.05) is 11.6 Å². The summed E-state index contributed by atoms with van der Waals surface area (Å²) in [6, 6.07) is 5.46. The number of hydrogen-bond donors (Lipinski definition) is 2. The average Bonchev–Trinajstić information content (AvgIpc) is 2.53. The lowest BCUT2D eigenvalue weighted by atomic mass is 10.1. The molecule has 1 aromatic heterocycles. The lowest BCUT2D eigenvalue weighted by Gasteiger charge is -2.02. The van der Waals surface area contributed by atoms with E-state index >= 15 is 0 Å². The van der Waals surface area contributed by atoms with Crippen LogP contribution < -0.4 is 11.6 Å². The van der Waals surface area contributed by atoms with Gasteiger partial charge in [-0.15, -0.1) is 0 Å². The summed E-state index contributed by atoms with van der Waals surface area (Å²) < 4.78 is 2.07. The third-order valence-corrected chi connectivity index (χ3v) is 3.24. The van der Waals surface area contributed by atoms with Crippen LogP contribution >= 0.6 is 27.5 Å². The van der Waals surface area contributed by atoms with Gasteiger partial charge in [0.25, 0.3) is 0 Å². The first kappa shape index (κ1) is 10.3. The van der Waals surface area contributed by atoms with Crippen LogP contribution in [0.4, 0.5) is 5.82 Å². The van der Waals surface area contributed by atoms with E-state index in [0.29, 0.717) is 16.5 Å². The van der Waals surface area contributed by atoms with Gasteiger partial charge >= 0.3 is 0 Å². The van der Waals surface area contributed by atoms with Crippen molar-refractivity contribution in [1.29, 1.82) is 0 Å². The highest BCUT2D eigenvalue weighted by Gasteiger charge is 2.09. The van der Waals surface area contributed by atoms with E-state index in [1.54, 1.807) is 6.07 Å². The van der Waals surface area contributed by atoms with Crippen molar-refractivity contribution in [3.8, 4) is 11.3 Å². The van der Waals surface area contributed by atoms with Gasteiger partial charge in [0, 0.05) is 10.0 Å². The molecule has 1 heterocycles. The summed E-state index contributed by atoms with van der Waals surface area (Å²) in [6.45, 7) is 0. The lowest BCUT2D eigenvalue weighted by molar-refractivity contribution is 1.01. The van der Waals surface area contributed by atoms with E-state index in [0.717, 1.165) is 10.0 Å². The maximum Gasteiger partial charge on any atom is 0.150 e. The zero-order chi connectivity index (χ0) is 11.0. The number of benzene rings is 1. The molecule has 0 saturated heterocycles. The Morgan fingerprint density at radius 2 is 2.13 bits per heavy atom. The first-order valence-corrected chi connectivity index (χ1v) is 5.30. The molecule has 0 atom stereocenters. The van der Waals surface area contributed by atoms with Gasteiger partial charge in [0.15, 0.2) is 0 Å². The molecule has 15 heavy (non-hydrogen) atoms. The third-order valence-electron chi connectivity index (χ3n) is 2.03. The predicted octanol–water partition coefficient (Wildman–Crippen LogP) is 2.26. The standard InChI is InChI=1S/C9H8BrClN4/c10-6-3-5(1-2-7(6)11)8-9(12)15(13)4-14-8/h1-4H,12-13H2. The van der Waals surface area contributed by atoms with Crippen molar-refractivity contribution in [2.24, 2.45) is 0 Å². The number of hydrogen-bond acceptors (Lipinski definition) is 3. The summed E-state index contributed by atoms with van der Waals surface area (Å²) in [4.78, 5) is 4.11. The second-order valence-corrected chi connectivity index (χ2v) is 4.28. The first-order chi connectivity index (χ1) is 7.09. The molecular weight excluding hydrogens is 279 g/mol. The van der Waals surface area contributed by atoms with Gasteiger partial charge in [0.05, 0.1) is 5.02 Å². The Hall–Kier alpha value is -1.20. The molecule has 0 saturated carbocycles. The Bertz CT molecular complexity index is 509. The van der Waals surface area contributed by atoms with Crippen molar-refractivity contribution in [2.45, 2.75) is 0 Å². The minimum atomic E-state index is 0.421. The van der Waals surface area contributed by atoms with E-state index in [4.69, 9.17) is 23.2 Å². The zero-order valence-corrected chi connectivity index (χ0v) is 9.96. The summed E-state index contributed by atoms with van der Waals surface area (Å²) in [6.07, 6.45) is 1.47. The van der Waals surface area contributed by atoms with Crippen LogP contribution in [0.3, 0.4) is 0 Å². The van der Waals surface area contributed by atoms with Gasteiger partial charge in [-0.05, 0) is 28.1 Å². The van der Waals surface area contributed by atoms with Gasteiger partial charge in [0.1, 0.15) is 17.8 Å². The van der Waals surface area contributed by atoms with Crippen LogP contribution in [0.25, 0.3) is 11.3 Å². The van der Waals surface area contributed by atoms with Crippen LogP contribution in [0, 0.1) is 0 Å². The van der Waals surface area contributed by atoms with E-state index in [9.17, 15) is 0 Å². The molecule has 0 radical (unpaired) electrons. The smallest absolute Gasteiger partial charge is 0.150 e. The zero-order valence-electron chi connectivity index (χ0n) is 7.61. The molecule has 0 aliphatic carbocycles. The van der Waals surface area contributed by atoms with Crippen LogP contribution in [-0.4, -0.2) is 9.66 Å². The number of halogens is 2. The molecule has 0 aliphatic heterocycles. The van der Waals surface area contributed by atoms with Gasteiger partial charge in [-0.2, -0.15) is 0 Å². The summed E-state index contributed by atoms with van der Waals surface area (Å²) in [7, 11) is 0. The first-order valence-electron chi connectivity index (χ1n) is 4.13. The van der Waals surface area contributed by atoms with Gasteiger partial charge in [-0.25, -0.2) is 9.66 Å². The Kier molecular flexibility index (Phi) is 2.58. The minimum Gasteiger partial charge on any atom is -0.382 e. The number of rotatable bonds is 1. The fourth-order valence-corrected chi connectivity index (χ4v) is 1.73. The van der Waals surface area contributed by atoms with E-state index < -0.39 is 0 Å². The van der Waals surface area contributed by atoms with Crippen LogP contribution in [0.15, 0.2) is 29.0 Å². The fraction of sp³-hybridized carbons (Fsp3) is 0. The second kappa shape index (κ2) is 3.75. The molecule has 0 unspecified atom stereocenters. The molecule has 0 aliphatic rings. The average molecular weight is 288 g/mol. The van der Waals surface area contributed by atoms with Gasteiger partial charge in [-0.1, -0.05) is 17.7 Å². The highest BCUT2D eigenvalue weighted by molar-refractivity contribution is 9.10. The van der Waals surface area contributed by atoms with Gasteiger partial charge < -0.3 is 11.6 Å². The highest BCUT2D eigenvalue weighted by atomic mass is 79.9. The number of anilines is 1. The SMILES string of the molecule is Nc1c(-c2ccc(Cl)c(Br)c2)ncn1N. The summed E-state index contributed by atoms with van der Waals surface area (Å²) >= 11 is 9.22. The molecule has 0 fully saturated rings. The number of nitrogens with zero attached hydrogens (tertiary/aromatic N) is 2. The Balaban J connectivity index is 2.55. The molecular formula is C9H8BrClN4. The predicted molar refractivity (Wildman–Crippen MR) is 64.9 cm³/mol. The largest absolute Gasteiger partial charge is 0.382 e. The van der Waals surface area contributed by atoms with Crippen LogP contribution in [0.1, 0.15) is 0 Å². The van der Waals surface area contributed by atoms with Crippen molar-refractivity contribution >= 4 is 33.3 Å².